The zero-order valence-electron chi connectivity index (χ0n) is 57.9. The Morgan fingerprint density at radius 2 is 0.290 bits per heavy atom. The summed E-state index contributed by atoms with van der Waals surface area (Å²) >= 11 is 0. The fourth-order valence-electron chi connectivity index (χ4n) is 12.1. The van der Waals surface area contributed by atoms with Gasteiger partial charge < -0.3 is 59.1 Å². The van der Waals surface area contributed by atoms with E-state index in [1.54, 1.807) is 72.8 Å². The average Bonchev–Trinajstić information content (AvgIpc) is 1.36. The van der Waals surface area contributed by atoms with Gasteiger partial charge in [0.1, 0.15) is 0 Å². The van der Waals surface area contributed by atoms with Crippen LogP contribution in [0.15, 0.2) is 218 Å². The summed E-state index contributed by atoms with van der Waals surface area (Å²) in [5.74, 6) is -0.710. The molecule has 509 valence electrons. The maximum atomic E-state index is 12.5. The second kappa shape index (κ2) is 45.2. The molecule has 0 amide bonds. The van der Waals surface area contributed by atoms with Crippen molar-refractivity contribution in [2.75, 3.05) is 79.3 Å². The topological polar surface area (TPSA) is 194 Å². The van der Waals surface area contributed by atoms with Crippen LogP contribution in [-0.2, 0) is 28.4 Å². The van der Waals surface area contributed by atoms with Gasteiger partial charge in [0.05, 0.1) is 0 Å². The first-order valence-corrected chi connectivity index (χ1v) is 33.9. The minimum absolute atomic E-state index is 0. The van der Waals surface area contributed by atoms with E-state index in [-0.39, 0.29) is 138 Å². The molecule has 100 heavy (non-hydrogen) atoms. The monoisotopic (exact) mass is 1480 g/mol. The summed E-state index contributed by atoms with van der Waals surface area (Å²) in [6, 6.07) is 66.1. The fourth-order valence-corrected chi connectivity index (χ4v) is 12.1. The molecule has 12 nitrogen and oxygen atoms in total. The van der Waals surface area contributed by atoms with Crippen LogP contribution in [0.2, 0.25) is 0 Å². The van der Waals surface area contributed by atoms with Gasteiger partial charge in [-0.1, -0.05) is 218 Å². The Hall–Kier alpha value is -5.93. The minimum atomic E-state index is -0.118. The Balaban J connectivity index is 0.000000192. The van der Waals surface area contributed by atoms with Gasteiger partial charge in [-0.15, -0.1) is 34.5 Å². The molecule has 6 saturated heterocycles. The molecule has 16 heteroatoms. The van der Waals surface area contributed by atoms with Crippen molar-refractivity contribution in [3.63, 3.8) is 0 Å². The van der Waals surface area contributed by atoms with Gasteiger partial charge in [-0.05, 0) is 175 Å². The van der Waals surface area contributed by atoms with E-state index >= 15 is 0 Å². The first kappa shape index (κ1) is 83.0. The van der Waals surface area contributed by atoms with Gasteiger partial charge in [0.15, 0.2) is 0 Å². The van der Waals surface area contributed by atoms with Crippen molar-refractivity contribution in [1.82, 2.24) is 0 Å². The van der Waals surface area contributed by atoms with Crippen LogP contribution >= 0.6 is 0 Å². The molecule has 1 radical (unpaired) electrons. The summed E-state index contributed by atoms with van der Waals surface area (Å²) in [7, 11) is 0. The predicted molar refractivity (Wildman–Crippen MR) is 378 cm³/mol. The van der Waals surface area contributed by atoms with Gasteiger partial charge in [-0.3, -0.25) is 0 Å². The van der Waals surface area contributed by atoms with Gasteiger partial charge in [-0.2, -0.15) is 0 Å². The third kappa shape index (κ3) is 23.6. The SMILES string of the molecule is C1CCOC1.C1CCOC1.C1CCOC1.C1CCOC1.C1CCOC1.C1CCOC1.[Li+].[Li+].[Li+].[O-]c1ccc2ccccc2c1-c1c([O-])ccc2ccccc12.[O-]c1ccc2ccccc2c1-c1c([O-])ccc2ccccc12.[O-]c1ccc2ccccc2c1-c1c([O-])ccc2ccccc12.[Yb+3]. The summed E-state index contributed by atoms with van der Waals surface area (Å²) in [5, 5.41) is 85.7. The Kier molecular flexibility index (Phi) is 37.6. The molecular weight excluding hydrogens is 1390 g/mol. The Labute approximate surface area is 663 Å². The van der Waals surface area contributed by atoms with E-state index in [1.807, 2.05) is 146 Å². The third-order valence-corrected chi connectivity index (χ3v) is 17.1. The second-order valence-corrected chi connectivity index (χ2v) is 23.9. The summed E-state index contributed by atoms with van der Waals surface area (Å²) in [5.41, 5.74) is 3.00. The molecule has 6 aliphatic rings. The molecule has 0 atom stereocenters. The van der Waals surface area contributed by atoms with Crippen LogP contribution in [0.5, 0.6) is 34.5 Å². The van der Waals surface area contributed by atoms with Gasteiger partial charge >= 0.3 is 104 Å². The zero-order valence-corrected chi connectivity index (χ0v) is 59.6. The van der Waals surface area contributed by atoms with Crippen LogP contribution in [0.1, 0.15) is 77.0 Å². The average molecular weight is 1480 g/mol. The third-order valence-electron chi connectivity index (χ3n) is 17.1. The maximum absolute atomic E-state index is 12.5. The fraction of sp³-hybridized carbons (Fsp3) is 0.286. The molecule has 0 spiro atoms. The van der Waals surface area contributed by atoms with Crippen LogP contribution in [0, 0.1) is 46.9 Å². The Bertz CT molecular complexity index is 3630. The molecule has 0 aromatic heterocycles. The van der Waals surface area contributed by atoms with Gasteiger partial charge in [0.2, 0.25) is 0 Å². The zero-order chi connectivity index (χ0) is 66.5. The second-order valence-electron chi connectivity index (χ2n) is 23.9. The first-order chi connectivity index (χ1) is 47.3. The summed E-state index contributed by atoms with van der Waals surface area (Å²) < 4.78 is 29.7. The number of hydrogen-bond donors (Lipinski definition) is 0. The molecule has 6 aliphatic heterocycles. The van der Waals surface area contributed by atoms with Crippen LogP contribution in [0.3, 0.4) is 0 Å². The molecule has 18 rings (SSSR count). The molecule has 0 aliphatic carbocycles. The van der Waals surface area contributed by atoms with Crippen LogP contribution in [0.25, 0.3) is 98.0 Å². The molecule has 6 fully saturated rings. The smallest absolute Gasteiger partial charge is 0.872 e. The van der Waals surface area contributed by atoms with Crippen molar-refractivity contribution >= 4 is 64.6 Å². The van der Waals surface area contributed by atoms with Gasteiger partial charge in [0, 0.05) is 79.3 Å². The number of rotatable bonds is 3. The Morgan fingerprint density at radius 1 is 0.170 bits per heavy atom. The molecule has 12 aromatic rings. The molecular formula is C84H84Li3O12Yb. The summed E-state index contributed by atoms with van der Waals surface area (Å²) in [6.07, 6.45) is 15.3. The number of fused-ring (bicyclic) bond motifs is 6. The maximum Gasteiger partial charge on any atom is 3.00 e. The first-order valence-electron chi connectivity index (χ1n) is 33.9. The molecule has 0 N–H and O–H groups in total. The van der Waals surface area contributed by atoms with Gasteiger partial charge in [-0.25, -0.2) is 0 Å². The molecule has 0 saturated carbocycles. The van der Waals surface area contributed by atoms with Crippen molar-refractivity contribution in [1.29, 1.82) is 0 Å². The van der Waals surface area contributed by atoms with E-state index in [9.17, 15) is 30.6 Å². The van der Waals surface area contributed by atoms with Crippen LogP contribution < -0.4 is 87.2 Å². The number of ether oxygens (including phenoxy) is 6. The van der Waals surface area contributed by atoms with E-state index in [1.165, 1.54) is 77.0 Å². The van der Waals surface area contributed by atoms with E-state index < -0.39 is 0 Å². The van der Waals surface area contributed by atoms with E-state index in [2.05, 4.69) is 0 Å². The minimum Gasteiger partial charge on any atom is -0.872 e. The van der Waals surface area contributed by atoms with E-state index in [0.717, 1.165) is 144 Å². The van der Waals surface area contributed by atoms with Crippen molar-refractivity contribution < 1.29 is 163 Å². The number of hydrogen-bond acceptors (Lipinski definition) is 12. The number of benzene rings is 12. The normalized spacial score (nSPS) is 14.5. The standard InChI is InChI=1S/3C20H14O2.6C4H8O.3Li.Yb/c3*21-17-11-9-13-5-1-3-7-15(13)19(17)20-16-8-4-2-6-14(16)10-12-18(20)22;6*1-2-4-5-3-1;;;;/h3*1-12,21-22H;6*1-4H2;;;;/q;;;;;;;;;3*+1;+3/p-6. The molecule has 6 heterocycles. The summed E-state index contributed by atoms with van der Waals surface area (Å²) in [6.45, 7) is 12.0. The van der Waals surface area contributed by atoms with Gasteiger partial charge in [0.25, 0.3) is 0 Å². The van der Waals surface area contributed by atoms with E-state index in [4.69, 9.17) is 28.4 Å². The summed E-state index contributed by atoms with van der Waals surface area (Å²) in [4.78, 5) is 0. The van der Waals surface area contributed by atoms with Crippen molar-refractivity contribution in [2.24, 2.45) is 0 Å². The largest absolute Gasteiger partial charge is 3.00 e. The predicted octanol–water partition coefficient (Wildman–Crippen LogP) is 7.21. The molecule has 0 bridgehead atoms. The van der Waals surface area contributed by atoms with Crippen molar-refractivity contribution in [3.8, 4) is 67.9 Å². The van der Waals surface area contributed by atoms with E-state index in [0.29, 0.717) is 33.4 Å². The quantitative estimate of drug-likeness (QED) is 0.162. The van der Waals surface area contributed by atoms with Crippen molar-refractivity contribution in [3.05, 3.63) is 218 Å². The van der Waals surface area contributed by atoms with Crippen molar-refractivity contribution in [2.45, 2.75) is 77.0 Å². The van der Waals surface area contributed by atoms with Crippen LogP contribution in [0.4, 0.5) is 0 Å². The van der Waals surface area contributed by atoms with Crippen LogP contribution in [-0.4, -0.2) is 79.3 Å². The molecule has 12 aromatic carbocycles. The molecule has 0 unspecified atom stereocenters. The Morgan fingerprint density at radius 3 is 0.400 bits per heavy atom.